The van der Waals surface area contributed by atoms with Crippen molar-refractivity contribution in [3.63, 3.8) is 0 Å². The van der Waals surface area contributed by atoms with Crippen LogP contribution in [0.2, 0.25) is 0 Å². The molecule has 0 radical (unpaired) electrons. The number of aliphatic imine (C=N–C) groups is 1. The second kappa shape index (κ2) is 13.0. The van der Waals surface area contributed by atoms with Gasteiger partial charge < -0.3 is 25.4 Å². The average molecular weight is 405 g/mol. The lowest BCUT2D eigenvalue weighted by atomic mass is 10.1. The lowest BCUT2D eigenvalue weighted by molar-refractivity contribution is -0.123. The third-order valence-corrected chi connectivity index (χ3v) is 4.54. The van der Waals surface area contributed by atoms with Gasteiger partial charge in [-0.25, -0.2) is 0 Å². The molecule has 0 heterocycles. The molecule has 1 amide bonds. The SMILES string of the molecule is CN=C(NCCOCCC(C)C)NCCc1ccc(OCC(=O)NC2CC2)cc1. The number of nitrogens with zero attached hydrogens (tertiary/aromatic N) is 1. The van der Waals surface area contributed by atoms with E-state index in [0.717, 1.165) is 51.3 Å². The van der Waals surface area contributed by atoms with E-state index in [1.54, 1.807) is 7.05 Å². The number of nitrogens with one attached hydrogen (secondary N) is 3. The smallest absolute Gasteiger partial charge is 0.258 e. The minimum absolute atomic E-state index is 0.0509. The van der Waals surface area contributed by atoms with Crippen LogP contribution in [-0.4, -0.2) is 57.9 Å². The highest BCUT2D eigenvalue weighted by molar-refractivity contribution is 5.79. The zero-order chi connectivity index (χ0) is 20.9. The van der Waals surface area contributed by atoms with E-state index in [0.29, 0.717) is 24.3 Å². The minimum atomic E-state index is -0.0509. The summed E-state index contributed by atoms with van der Waals surface area (Å²) < 4.78 is 11.1. The van der Waals surface area contributed by atoms with Gasteiger partial charge in [-0.05, 0) is 49.3 Å². The van der Waals surface area contributed by atoms with Gasteiger partial charge in [0.15, 0.2) is 12.6 Å². The normalized spacial score (nSPS) is 14.0. The van der Waals surface area contributed by atoms with Crippen molar-refractivity contribution in [2.75, 3.05) is 40.0 Å². The Balaban J connectivity index is 1.56. The number of ether oxygens (including phenoxy) is 2. The van der Waals surface area contributed by atoms with Crippen LogP contribution in [0.5, 0.6) is 5.75 Å². The highest BCUT2D eigenvalue weighted by atomic mass is 16.5. The summed E-state index contributed by atoms with van der Waals surface area (Å²) in [7, 11) is 1.76. The fourth-order valence-corrected chi connectivity index (χ4v) is 2.61. The van der Waals surface area contributed by atoms with Crippen LogP contribution in [0.4, 0.5) is 0 Å². The van der Waals surface area contributed by atoms with Gasteiger partial charge in [-0.3, -0.25) is 9.79 Å². The quantitative estimate of drug-likeness (QED) is 0.266. The van der Waals surface area contributed by atoms with Gasteiger partial charge in [0.25, 0.3) is 5.91 Å². The van der Waals surface area contributed by atoms with Crippen molar-refractivity contribution in [1.82, 2.24) is 16.0 Å². The molecule has 162 valence electrons. The summed E-state index contributed by atoms with van der Waals surface area (Å²) in [5.74, 6) is 2.11. The summed E-state index contributed by atoms with van der Waals surface area (Å²) in [4.78, 5) is 15.9. The van der Waals surface area contributed by atoms with Gasteiger partial charge >= 0.3 is 0 Å². The molecule has 0 atom stereocenters. The molecule has 7 nitrogen and oxygen atoms in total. The lowest BCUT2D eigenvalue weighted by Gasteiger charge is -2.13. The van der Waals surface area contributed by atoms with Gasteiger partial charge in [0.05, 0.1) is 6.61 Å². The van der Waals surface area contributed by atoms with E-state index in [1.165, 1.54) is 5.56 Å². The van der Waals surface area contributed by atoms with E-state index >= 15 is 0 Å². The first kappa shape index (κ1) is 23.0. The molecule has 1 aliphatic rings. The second-order valence-electron chi connectivity index (χ2n) is 7.75. The van der Waals surface area contributed by atoms with Crippen LogP contribution in [0, 0.1) is 5.92 Å². The third-order valence-electron chi connectivity index (χ3n) is 4.54. The molecule has 0 bridgehead atoms. The topological polar surface area (TPSA) is 84.0 Å². The molecular weight excluding hydrogens is 368 g/mol. The number of carbonyl (C=O) groups is 1. The Hall–Kier alpha value is -2.28. The number of carbonyl (C=O) groups excluding carboxylic acids is 1. The Morgan fingerprint density at radius 2 is 1.86 bits per heavy atom. The van der Waals surface area contributed by atoms with E-state index in [9.17, 15) is 4.79 Å². The first-order valence-corrected chi connectivity index (χ1v) is 10.6. The third kappa shape index (κ3) is 10.7. The molecule has 0 saturated heterocycles. The predicted molar refractivity (Wildman–Crippen MR) is 116 cm³/mol. The summed E-state index contributed by atoms with van der Waals surface area (Å²) >= 11 is 0. The second-order valence-corrected chi connectivity index (χ2v) is 7.75. The van der Waals surface area contributed by atoms with Crippen molar-refractivity contribution in [1.29, 1.82) is 0 Å². The summed E-state index contributed by atoms with van der Waals surface area (Å²) in [6, 6.07) is 8.22. The van der Waals surface area contributed by atoms with E-state index in [1.807, 2.05) is 24.3 Å². The van der Waals surface area contributed by atoms with Crippen LogP contribution in [-0.2, 0) is 16.0 Å². The molecule has 2 rings (SSSR count). The van der Waals surface area contributed by atoms with Gasteiger partial charge in [0, 0.05) is 32.8 Å². The highest BCUT2D eigenvalue weighted by Gasteiger charge is 2.23. The van der Waals surface area contributed by atoms with E-state index in [2.05, 4.69) is 34.8 Å². The molecule has 0 aromatic heterocycles. The molecule has 1 saturated carbocycles. The fourth-order valence-electron chi connectivity index (χ4n) is 2.61. The van der Waals surface area contributed by atoms with Crippen molar-refractivity contribution < 1.29 is 14.3 Å². The van der Waals surface area contributed by atoms with Crippen LogP contribution in [0.1, 0.15) is 38.7 Å². The Morgan fingerprint density at radius 1 is 1.14 bits per heavy atom. The van der Waals surface area contributed by atoms with Gasteiger partial charge in [-0.2, -0.15) is 0 Å². The van der Waals surface area contributed by atoms with Crippen molar-refractivity contribution in [3.8, 4) is 5.75 Å². The molecule has 7 heteroatoms. The molecule has 3 N–H and O–H groups in total. The van der Waals surface area contributed by atoms with E-state index in [-0.39, 0.29) is 12.5 Å². The summed E-state index contributed by atoms with van der Waals surface area (Å²) in [5, 5.41) is 9.47. The zero-order valence-electron chi connectivity index (χ0n) is 18.0. The van der Waals surface area contributed by atoms with Gasteiger partial charge in [-0.1, -0.05) is 26.0 Å². The Labute approximate surface area is 174 Å². The summed E-state index contributed by atoms with van der Waals surface area (Å²) in [6.45, 7) is 7.45. The van der Waals surface area contributed by atoms with Gasteiger partial charge in [0.1, 0.15) is 5.75 Å². The summed E-state index contributed by atoms with van der Waals surface area (Å²) in [6.07, 6.45) is 4.12. The highest BCUT2D eigenvalue weighted by Crippen LogP contribution is 2.18. The Kier molecular flexibility index (Phi) is 10.3. The first-order valence-electron chi connectivity index (χ1n) is 10.6. The molecule has 1 aromatic carbocycles. The largest absolute Gasteiger partial charge is 0.484 e. The van der Waals surface area contributed by atoms with Crippen LogP contribution in [0.15, 0.2) is 29.3 Å². The molecule has 0 aliphatic heterocycles. The van der Waals surface area contributed by atoms with Gasteiger partial charge in [0.2, 0.25) is 0 Å². The van der Waals surface area contributed by atoms with Crippen molar-refractivity contribution in [2.45, 2.75) is 45.6 Å². The number of rotatable bonds is 13. The molecule has 1 fully saturated rings. The zero-order valence-corrected chi connectivity index (χ0v) is 18.0. The Bertz CT molecular complexity index is 627. The molecule has 29 heavy (non-hydrogen) atoms. The van der Waals surface area contributed by atoms with Crippen LogP contribution in [0.25, 0.3) is 0 Å². The maximum absolute atomic E-state index is 11.7. The van der Waals surface area contributed by atoms with Crippen molar-refractivity contribution in [3.05, 3.63) is 29.8 Å². The van der Waals surface area contributed by atoms with E-state index < -0.39 is 0 Å². The monoisotopic (exact) mass is 404 g/mol. The molecule has 0 spiro atoms. The van der Waals surface area contributed by atoms with Crippen LogP contribution in [0.3, 0.4) is 0 Å². The lowest BCUT2D eigenvalue weighted by Crippen LogP contribution is -2.39. The molecule has 1 aliphatic carbocycles. The van der Waals surface area contributed by atoms with Crippen molar-refractivity contribution >= 4 is 11.9 Å². The summed E-state index contributed by atoms with van der Waals surface area (Å²) in [5.41, 5.74) is 1.19. The number of guanidine groups is 1. The first-order chi connectivity index (χ1) is 14.1. The number of benzene rings is 1. The number of hydrogen-bond acceptors (Lipinski definition) is 4. The number of hydrogen-bond donors (Lipinski definition) is 3. The molecule has 1 aromatic rings. The standard InChI is InChI=1S/C22H36N4O3/c1-17(2)11-14-28-15-13-25-22(23-3)24-12-10-18-4-8-20(9-5-18)29-16-21(27)26-19-6-7-19/h4-5,8-9,17,19H,6-7,10-16H2,1-3H3,(H,26,27)(H2,23,24,25). The average Bonchev–Trinajstić information content (AvgIpc) is 3.52. The van der Waals surface area contributed by atoms with Crippen molar-refractivity contribution in [2.24, 2.45) is 10.9 Å². The van der Waals surface area contributed by atoms with Crippen LogP contribution >= 0.6 is 0 Å². The maximum atomic E-state index is 11.7. The predicted octanol–water partition coefficient (Wildman–Crippen LogP) is 2.11. The Morgan fingerprint density at radius 3 is 2.52 bits per heavy atom. The maximum Gasteiger partial charge on any atom is 0.258 e. The molecule has 0 unspecified atom stereocenters. The van der Waals surface area contributed by atoms with Gasteiger partial charge in [-0.15, -0.1) is 0 Å². The van der Waals surface area contributed by atoms with E-state index in [4.69, 9.17) is 9.47 Å². The number of amides is 1. The molecular formula is C22H36N4O3. The van der Waals surface area contributed by atoms with Crippen LogP contribution < -0.4 is 20.7 Å². The minimum Gasteiger partial charge on any atom is -0.484 e. The fraction of sp³-hybridized carbons (Fsp3) is 0.636.